The molecule has 0 unspecified atom stereocenters. The maximum absolute atomic E-state index is 14.6. The molecule has 3 rings (SSSR count). The van der Waals surface area contributed by atoms with Gasteiger partial charge in [-0.25, -0.2) is 0 Å². The van der Waals surface area contributed by atoms with E-state index >= 15 is 0 Å². The average molecular weight is 378 g/mol. The Balaban J connectivity index is 2.24. The third-order valence-corrected chi connectivity index (χ3v) is 4.80. The second-order valence-electron chi connectivity index (χ2n) is 5.67. The molecule has 0 radical (unpaired) electrons. The molecule has 1 heterocycles. The molecule has 2 aliphatic carbocycles. The summed E-state index contributed by atoms with van der Waals surface area (Å²) in [5, 5.41) is 0. The van der Waals surface area contributed by atoms with Crippen LogP contribution in [0.25, 0.3) is 0 Å². The molecule has 1 aliphatic heterocycles. The molecule has 3 aliphatic rings. The summed E-state index contributed by atoms with van der Waals surface area (Å²) in [6, 6.07) is 0. The molecule has 3 nitrogen and oxygen atoms in total. The highest BCUT2D eigenvalue weighted by atomic mass is 19.3. The van der Waals surface area contributed by atoms with Gasteiger partial charge in [-0.15, -0.1) is 0 Å². The van der Waals surface area contributed by atoms with Crippen LogP contribution in [0.15, 0.2) is 0 Å². The molecule has 3 fully saturated rings. The zero-order valence-electron chi connectivity index (χ0n) is 11.5. The summed E-state index contributed by atoms with van der Waals surface area (Å²) in [6.07, 6.45) is 0. The van der Waals surface area contributed by atoms with Gasteiger partial charge >= 0.3 is 35.6 Å². The first-order valence-electron chi connectivity index (χ1n) is 6.35. The van der Waals surface area contributed by atoms with Crippen LogP contribution in [0.4, 0.5) is 43.9 Å². The van der Waals surface area contributed by atoms with E-state index in [1.807, 2.05) is 0 Å². The quantitative estimate of drug-likeness (QED) is 0.707. The lowest BCUT2D eigenvalue weighted by Crippen LogP contribution is -3.00. The third-order valence-electron chi connectivity index (χ3n) is 4.80. The summed E-state index contributed by atoms with van der Waals surface area (Å²) >= 11 is 0. The molecule has 0 amide bonds. The smallest absolute Gasteiger partial charge is 0.326 e. The first kappa shape index (κ1) is 18.0. The maximum Gasteiger partial charge on any atom is 0.351 e. The molecule has 0 aromatic heterocycles. The zero-order valence-corrected chi connectivity index (χ0v) is 11.5. The van der Waals surface area contributed by atoms with Crippen molar-refractivity contribution >= 4 is 0 Å². The number of methoxy groups -OCH3 is 1. The van der Waals surface area contributed by atoms with Crippen molar-refractivity contribution in [2.24, 2.45) is 11.3 Å². The Kier molecular flexibility index (Phi) is 3.08. The van der Waals surface area contributed by atoms with Crippen molar-refractivity contribution in [1.82, 2.24) is 0 Å². The molecule has 0 aromatic rings. The summed E-state index contributed by atoms with van der Waals surface area (Å²) in [5.74, 6) is -37.9. The number of hydrogen-bond acceptors (Lipinski definition) is 3. The Hall–Kier alpha value is -0.820. The van der Waals surface area contributed by atoms with Crippen LogP contribution in [-0.2, 0) is 14.2 Å². The van der Waals surface area contributed by atoms with Gasteiger partial charge in [-0.1, -0.05) is 0 Å². The van der Waals surface area contributed by atoms with Crippen LogP contribution in [0.3, 0.4) is 0 Å². The van der Waals surface area contributed by atoms with Crippen molar-refractivity contribution < 1.29 is 58.1 Å². The highest BCUT2D eigenvalue weighted by Crippen LogP contribution is 2.89. The summed E-state index contributed by atoms with van der Waals surface area (Å²) < 4.78 is 150. The number of hydrogen-bond donors (Lipinski definition) is 0. The first-order valence-corrected chi connectivity index (χ1v) is 6.35. The standard InChI is InChI=1S/C11H8F10O3/c1-22-11(23-2-3-24-11)10(20,21)5-4(6(12,13)8(5,16)17)7(14,15)9(5,18)19/h4H,2-3H2,1H3. The van der Waals surface area contributed by atoms with E-state index in [1.54, 1.807) is 0 Å². The molecule has 13 heteroatoms. The minimum atomic E-state index is -6.17. The van der Waals surface area contributed by atoms with E-state index < -0.39 is 60.1 Å². The number of ether oxygens (including phenoxy) is 3. The van der Waals surface area contributed by atoms with E-state index in [9.17, 15) is 43.9 Å². The van der Waals surface area contributed by atoms with Crippen LogP contribution in [-0.4, -0.2) is 55.9 Å². The monoisotopic (exact) mass is 378 g/mol. The highest BCUT2D eigenvalue weighted by Gasteiger charge is 3.15. The molecular weight excluding hydrogens is 370 g/mol. The van der Waals surface area contributed by atoms with Crippen molar-refractivity contribution in [3.8, 4) is 0 Å². The molecule has 0 bridgehead atoms. The van der Waals surface area contributed by atoms with Gasteiger partial charge in [-0.05, 0) is 0 Å². The average Bonchev–Trinajstić information content (AvgIpc) is 2.92. The second kappa shape index (κ2) is 4.11. The Morgan fingerprint density at radius 1 is 0.833 bits per heavy atom. The Labute approximate surface area is 126 Å². The molecule has 0 N–H and O–H groups in total. The van der Waals surface area contributed by atoms with Crippen LogP contribution in [0.5, 0.6) is 0 Å². The van der Waals surface area contributed by atoms with Crippen molar-refractivity contribution in [2.75, 3.05) is 20.3 Å². The predicted molar refractivity (Wildman–Crippen MR) is 52.3 cm³/mol. The Morgan fingerprint density at radius 2 is 1.21 bits per heavy atom. The Bertz CT molecular complexity index is 540. The summed E-state index contributed by atoms with van der Waals surface area (Å²) in [5.41, 5.74) is -5.43. The third kappa shape index (κ3) is 1.25. The largest absolute Gasteiger partial charge is 0.351 e. The molecule has 140 valence electrons. The predicted octanol–water partition coefficient (Wildman–Crippen LogP) is 3.14. The number of fused-ring (bicyclic) bond motifs is 1. The lowest BCUT2D eigenvalue weighted by Gasteiger charge is -2.73. The van der Waals surface area contributed by atoms with Crippen molar-refractivity contribution in [3.63, 3.8) is 0 Å². The fourth-order valence-electron chi connectivity index (χ4n) is 3.70. The first-order chi connectivity index (χ1) is 10.6. The fraction of sp³-hybridized carbons (Fsp3) is 1.00. The zero-order chi connectivity index (χ0) is 18.6. The number of rotatable bonds is 3. The topological polar surface area (TPSA) is 27.7 Å². The molecular formula is C11H8F10O3. The van der Waals surface area contributed by atoms with Crippen LogP contribution in [0, 0.1) is 11.3 Å². The maximum atomic E-state index is 14.6. The van der Waals surface area contributed by atoms with E-state index in [1.165, 1.54) is 0 Å². The van der Waals surface area contributed by atoms with E-state index in [0.29, 0.717) is 7.11 Å². The normalized spacial score (nSPS) is 40.4. The minimum Gasteiger partial charge on any atom is -0.326 e. The van der Waals surface area contributed by atoms with Gasteiger partial charge in [0.1, 0.15) is 5.92 Å². The summed E-state index contributed by atoms with van der Waals surface area (Å²) in [7, 11) is 0.384. The highest BCUT2D eigenvalue weighted by molar-refractivity contribution is 5.42. The van der Waals surface area contributed by atoms with Gasteiger partial charge in [-0.3, -0.25) is 0 Å². The van der Waals surface area contributed by atoms with Gasteiger partial charge in [-0.2, -0.15) is 43.9 Å². The molecule has 24 heavy (non-hydrogen) atoms. The number of alkyl halides is 10. The van der Waals surface area contributed by atoms with E-state index in [2.05, 4.69) is 14.2 Å². The summed E-state index contributed by atoms with van der Waals surface area (Å²) in [6.45, 7) is -1.48. The minimum absolute atomic E-state index is 0.384. The SMILES string of the molecule is COC1(C(F)(F)C23C(C(F)(F)C2(F)F)C(F)(F)C3(F)F)OCCO1. The van der Waals surface area contributed by atoms with Crippen LogP contribution in [0.2, 0.25) is 0 Å². The van der Waals surface area contributed by atoms with Crippen molar-refractivity contribution in [2.45, 2.75) is 35.6 Å². The molecule has 1 saturated heterocycles. The van der Waals surface area contributed by atoms with Gasteiger partial charge in [0.25, 0.3) is 0 Å². The van der Waals surface area contributed by atoms with E-state index in [-0.39, 0.29) is 0 Å². The molecule has 0 atom stereocenters. The molecule has 0 aromatic carbocycles. The lowest BCUT2D eigenvalue weighted by atomic mass is 9.36. The number of halogens is 10. The van der Waals surface area contributed by atoms with Gasteiger partial charge in [0, 0.05) is 7.11 Å². The lowest BCUT2D eigenvalue weighted by molar-refractivity contribution is -0.622. The molecule has 2 saturated carbocycles. The van der Waals surface area contributed by atoms with Gasteiger partial charge in [0.05, 0.1) is 13.2 Å². The van der Waals surface area contributed by atoms with Gasteiger partial charge < -0.3 is 14.2 Å². The van der Waals surface area contributed by atoms with Crippen LogP contribution >= 0.6 is 0 Å². The van der Waals surface area contributed by atoms with E-state index in [4.69, 9.17) is 0 Å². The van der Waals surface area contributed by atoms with Crippen LogP contribution < -0.4 is 0 Å². The molecule has 0 spiro atoms. The van der Waals surface area contributed by atoms with E-state index in [0.717, 1.165) is 0 Å². The Morgan fingerprint density at radius 3 is 1.54 bits per heavy atom. The van der Waals surface area contributed by atoms with Gasteiger partial charge in [0.15, 0.2) is 5.41 Å². The summed E-state index contributed by atoms with van der Waals surface area (Å²) in [4.78, 5) is 0. The van der Waals surface area contributed by atoms with Crippen molar-refractivity contribution in [1.29, 1.82) is 0 Å². The fourth-order valence-corrected chi connectivity index (χ4v) is 3.70. The van der Waals surface area contributed by atoms with Gasteiger partial charge in [0.2, 0.25) is 0 Å². The van der Waals surface area contributed by atoms with Crippen molar-refractivity contribution in [3.05, 3.63) is 0 Å². The van der Waals surface area contributed by atoms with Crippen LogP contribution in [0.1, 0.15) is 0 Å². The second-order valence-corrected chi connectivity index (χ2v) is 5.67.